The van der Waals surface area contributed by atoms with E-state index >= 15 is 0 Å². The van der Waals surface area contributed by atoms with Gasteiger partial charge in [0.25, 0.3) is 5.91 Å². The van der Waals surface area contributed by atoms with Crippen LogP contribution in [0, 0.1) is 11.3 Å². The molecule has 19 heavy (non-hydrogen) atoms. The molecule has 2 heterocycles. The summed E-state index contributed by atoms with van der Waals surface area (Å²) in [6.07, 6.45) is 3.43. The summed E-state index contributed by atoms with van der Waals surface area (Å²) in [5.41, 5.74) is 0.874. The van der Waals surface area contributed by atoms with Gasteiger partial charge in [0.05, 0.1) is 5.56 Å². The van der Waals surface area contributed by atoms with E-state index in [0.29, 0.717) is 11.3 Å². The first-order chi connectivity index (χ1) is 9.11. The van der Waals surface area contributed by atoms with Crippen molar-refractivity contribution >= 4 is 5.91 Å². The number of pyridine rings is 1. The Morgan fingerprint density at radius 2 is 2.16 bits per heavy atom. The Bertz CT molecular complexity index is 483. The first-order valence-electron chi connectivity index (χ1n) is 6.43. The minimum atomic E-state index is -0.0703. The lowest BCUT2D eigenvalue weighted by molar-refractivity contribution is 0.0654. The van der Waals surface area contributed by atoms with E-state index in [4.69, 9.17) is 5.26 Å². The highest BCUT2D eigenvalue weighted by Gasteiger charge is 2.25. The van der Waals surface area contributed by atoms with Crippen molar-refractivity contribution in [1.82, 2.24) is 14.8 Å². The highest BCUT2D eigenvalue weighted by Crippen LogP contribution is 2.16. The van der Waals surface area contributed by atoms with Gasteiger partial charge in [0.1, 0.15) is 11.8 Å². The van der Waals surface area contributed by atoms with Gasteiger partial charge in [0.2, 0.25) is 0 Å². The summed E-state index contributed by atoms with van der Waals surface area (Å²) in [5, 5.41) is 8.71. The van der Waals surface area contributed by atoms with Crippen molar-refractivity contribution in [3.63, 3.8) is 0 Å². The maximum atomic E-state index is 12.3. The number of amides is 1. The number of carbonyl (C=O) groups excluding carboxylic acids is 1. The summed E-state index contributed by atoms with van der Waals surface area (Å²) in [5.74, 6) is -0.0703. The molecule has 1 aliphatic heterocycles. The van der Waals surface area contributed by atoms with Crippen LogP contribution in [0.2, 0.25) is 0 Å². The Kier molecular flexibility index (Phi) is 4.13. The predicted octanol–water partition coefficient (Wildman–Crippen LogP) is 1.12. The van der Waals surface area contributed by atoms with Crippen molar-refractivity contribution in [3.8, 4) is 6.07 Å². The van der Waals surface area contributed by atoms with Crippen molar-refractivity contribution in [2.24, 2.45) is 0 Å². The summed E-state index contributed by atoms with van der Waals surface area (Å²) < 4.78 is 0. The zero-order chi connectivity index (χ0) is 13.8. The predicted molar refractivity (Wildman–Crippen MR) is 71.6 cm³/mol. The normalized spacial score (nSPS) is 16.9. The fraction of sp³-hybridized carbons (Fsp3) is 0.500. The van der Waals surface area contributed by atoms with Crippen LogP contribution in [-0.2, 0) is 0 Å². The van der Waals surface area contributed by atoms with E-state index in [0.717, 1.165) is 25.9 Å². The molecule has 2 rings (SSSR count). The highest BCUT2D eigenvalue weighted by molar-refractivity contribution is 5.92. The number of carbonyl (C=O) groups is 1. The molecule has 5 heteroatoms. The molecule has 0 aliphatic carbocycles. The summed E-state index contributed by atoms with van der Waals surface area (Å²) in [4.78, 5) is 20.4. The lowest BCUT2D eigenvalue weighted by Crippen LogP contribution is -2.44. The standard InChI is InChI=1S/C14H18N4O/c1-17-7-5-12(6-8-17)18(2)14(19)13-4-3-11(9-15)10-16-13/h3-4,10,12H,5-8H2,1-2H3. The molecule has 0 radical (unpaired) electrons. The highest BCUT2D eigenvalue weighted by atomic mass is 16.2. The van der Waals surface area contributed by atoms with E-state index in [1.54, 1.807) is 17.0 Å². The number of hydrogen-bond donors (Lipinski definition) is 0. The lowest BCUT2D eigenvalue weighted by Gasteiger charge is -2.34. The molecule has 1 fully saturated rings. The summed E-state index contributed by atoms with van der Waals surface area (Å²) in [6.45, 7) is 2.03. The van der Waals surface area contributed by atoms with Gasteiger partial charge in [-0.15, -0.1) is 0 Å². The minimum absolute atomic E-state index is 0.0703. The van der Waals surface area contributed by atoms with Crippen LogP contribution < -0.4 is 0 Å². The number of piperidine rings is 1. The molecular formula is C14H18N4O. The summed E-state index contributed by atoms with van der Waals surface area (Å²) >= 11 is 0. The fourth-order valence-electron chi connectivity index (χ4n) is 2.32. The van der Waals surface area contributed by atoms with Crippen LogP contribution in [0.1, 0.15) is 28.9 Å². The molecule has 0 unspecified atom stereocenters. The molecule has 0 aromatic carbocycles. The van der Waals surface area contributed by atoms with Gasteiger partial charge in [-0.3, -0.25) is 4.79 Å². The van der Waals surface area contributed by atoms with Gasteiger partial charge in [0, 0.05) is 19.3 Å². The SMILES string of the molecule is CN1CCC(N(C)C(=O)c2ccc(C#N)cn2)CC1. The number of likely N-dealkylation sites (tertiary alicyclic amines) is 1. The third-order valence-corrected chi connectivity index (χ3v) is 3.67. The number of nitriles is 1. The lowest BCUT2D eigenvalue weighted by atomic mass is 10.0. The average Bonchev–Trinajstić information content (AvgIpc) is 2.46. The molecule has 1 aromatic heterocycles. The second-order valence-electron chi connectivity index (χ2n) is 4.99. The van der Waals surface area contributed by atoms with Crippen LogP contribution in [0.5, 0.6) is 0 Å². The molecular weight excluding hydrogens is 240 g/mol. The molecule has 0 saturated carbocycles. The Balaban J connectivity index is 2.04. The van der Waals surface area contributed by atoms with E-state index in [1.165, 1.54) is 6.20 Å². The molecule has 5 nitrogen and oxygen atoms in total. The number of hydrogen-bond acceptors (Lipinski definition) is 4. The Morgan fingerprint density at radius 1 is 1.47 bits per heavy atom. The van der Waals surface area contributed by atoms with Crippen LogP contribution in [0.3, 0.4) is 0 Å². The Labute approximate surface area is 113 Å². The first kappa shape index (κ1) is 13.5. The van der Waals surface area contributed by atoms with Gasteiger partial charge < -0.3 is 9.80 Å². The van der Waals surface area contributed by atoms with Crippen molar-refractivity contribution in [2.45, 2.75) is 18.9 Å². The maximum Gasteiger partial charge on any atom is 0.272 e. The van der Waals surface area contributed by atoms with Crippen LogP contribution in [0.4, 0.5) is 0 Å². The van der Waals surface area contributed by atoms with Crippen molar-refractivity contribution in [3.05, 3.63) is 29.6 Å². The quantitative estimate of drug-likeness (QED) is 0.797. The van der Waals surface area contributed by atoms with Gasteiger partial charge >= 0.3 is 0 Å². The van der Waals surface area contributed by atoms with E-state index < -0.39 is 0 Å². The minimum Gasteiger partial charge on any atom is -0.337 e. The maximum absolute atomic E-state index is 12.3. The van der Waals surface area contributed by atoms with Crippen molar-refractivity contribution < 1.29 is 4.79 Å². The third kappa shape index (κ3) is 3.09. The van der Waals surface area contributed by atoms with Crippen molar-refractivity contribution in [2.75, 3.05) is 27.2 Å². The van der Waals surface area contributed by atoms with Gasteiger partial charge in [-0.05, 0) is 45.1 Å². The zero-order valence-corrected chi connectivity index (χ0v) is 11.3. The third-order valence-electron chi connectivity index (χ3n) is 3.67. The Hall–Kier alpha value is -1.93. The Morgan fingerprint density at radius 3 is 2.68 bits per heavy atom. The molecule has 1 amide bonds. The van der Waals surface area contributed by atoms with E-state index in [-0.39, 0.29) is 11.9 Å². The number of aromatic nitrogens is 1. The second kappa shape index (κ2) is 5.81. The number of rotatable bonds is 2. The largest absolute Gasteiger partial charge is 0.337 e. The summed E-state index contributed by atoms with van der Waals surface area (Å²) in [6, 6.07) is 5.52. The molecule has 0 N–H and O–H groups in total. The average molecular weight is 258 g/mol. The first-order valence-corrected chi connectivity index (χ1v) is 6.43. The second-order valence-corrected chi connectivity index (χ2v) is 4.99. The zero-order valence-electron chi connectivity index (χ0n) is 11.3. The van der Waals surface area contributed by atoms with Crippen LogP contribution in [0.15, 0.2) is 18.3 Å². The summed E-state index contributed by atoms with van der Waals surface area (Å²) in [7, 11) is 3.93. The topological polar surface area (TPSA) is 60.2 Å². The van der Waals surface area contributed by atoms with Gasteiger partial charge in [-0.1, -0.05) is 0 Å². The fourth-order valence-corrected chi connectivity index (χ4v) is 2.32. The van der Waals surface area contributed by atoms with Crippen LogP contribution in [0.25, 0.3) is 0 Å². The number of nitrogens with zero attached hydrogens (tertiary/aromatic N) is 4. The van der Waals surface area contributed by atoms with Crippen molar-refractivity contribution in [1.29, 1.82) is 5.26 Å². The van der Waals surface area contributed by atoms with Gasteiger partial charge in [0.15, 0.2) is 0 Å². The van der Waals surface area contributed by atoms with Crippen LogP contribution >= 0.6 is 0 Å². The van der Waals surface area contributed by atoms with Gasteiger partial charge in [-0.25, -0.2) is 4.98 Å². The smallest absolute Gasteiger partial charge is 0.272 e. The van der Waals surface area contributed by atoms with Gasteiger partial charge in [-0.2, -0.15) is 5.26 Å². The van der Waals surface area contributed by atoms with Crippen LogP contribution in [-0.4, -0.2) is 53.9 Å². The molecule has 0 atom stereocenters. The molecule has 1 aromatic rings. The van der Waals surface area contributed by atoms with E-state index in [2.05, 4.69) is 16.9 Å². The molecule has 100 valence electrons. The monoisotopic (exact) mass is 258 g/mol. The van der Waals surface area contributed by atoms with E-state index in [1.807, 2.05) is 13.1 Å². The molecule has 1 saturated heterocycles. The molecule has 1 aliphatic rings. The van der Waals surface area contributed by atoms with E-state index in [9.17, 15) is 4.79 Å². The molecule has 0 bridgehead atoms. The molecule has 0 spiro atoms.